The third-order valence-electron chi connectivity index (χ3n) is 2.78. The number of thioether (sulfide) groups is 1. The zero-order valence-corrected chi connectivity index (χ0v) is 13.0. The summed E-state index contributed by atoms with van der Waals surface area (Å²) >= 11 is 7.19. The van der Waals surface area contributed by atoms with Crippen LogP contribution < -0.4 is 5.32 Å². The van der Waals surface area contributed by atoms with Gasteiger partial charge in [-0.3, -0.25) is 9.47 Å². The molecule has 3 rings (SSSR count). The molecule has 0 radical (unpaired) electrons. The molecule has 3 aromatic rings. The minimum absolute atomic E-state index is 0.130. The van der Waals surface area contributed by atoms with Crippen molar-refractivity contribution in [3.63, 3.8) is 0 Å². The zero-order valence-electron chi connectivity index (χ0n) is 11.4. The Morgan fingerprint density at radius 2 is 2.09 bits per heavy atom. The first kappa shape index (κ1) is 14.7. The molecule has 0 aliphatic rings. The SMILES string of the molecule is O=C(CSc1nncn1-n1cccc1)Nc1cccc(Cl)c1. The topological polar surface area (TPSA) is 64.7 Å². The summed E-state index contributed by atoms with van der Waals surface area (Å²) in [6, 6.07) is 10.8. The molecule has 1 aromatic carbocycles. The van der Waals surface area contributed by atoms with Gasteiger partial charge in [0.05, 0.1) is 5.75 Å². The van der Waals surface area contributed by atoms with Crippen LogP contribution in [0.5, 0.6) is 0 Å². The van der Waals surface area contributed by atoms with Crippen LogP contribution in [0.3, 0.4) is 0 Å². The molecule has 0 aliphatic heterocycles. The van der Waals surface area contributed by atoms with E-state index in [2.05, 4.69) is 15.5 Å². The van der Waals surface area contributed by atoms with Crippen LogP contribution in [0.25, 0.3) is 0 Å². The molecule has 0 saturated carbocycles. The summed E-state index contributed by atoms with van der Waals surface area (Å²) in [5, 5.41) is 11.9. The Labute approximate surface area is 136 Å². The lowest BCUT2D eigenvalue weighted by Crippen LogP contribution is -2.15. The number of hydrogen-bond donors (Lipinski definition) is 1. The van der Waals surface area contributed by atoms with Crippen molar-refractivity contribution in [1.29, 1.82) is 0 Å². The molecule has 0 atom stereocenters. The maximum Gasteiger partial charge on any atom is 0.234 e. The van der Waals surface area contributed by atoms with E-state index in [-0.39, 0.29) is 11.7 Å². The van der Waals surface area contributed by atoms with Crippen LogP contribution in [0.1, 0.15) is 0 Å². The van der Waals surface area contributed by atoms with Crippen LogP contribution >= 0.6 is 23.4 Å². The highest BCUT2D eigenvalue weighted by atomic mass is 35.5. The van der Waals surface area contributed by atoms with E-state index >= 15 is 0 Å². The van der Waals surface area contributed by atoms with Crippen molar-refractivity contribution in [1.82, 2.24) is 19.5 Å². The summed E-state index contributed by atoms with van der Waals surface area (Å²) in [6.45, 7) is 0. The van der Waals surface area contributed by atoms with Gasteiger partial charge in [-0.1, -0.05) is 29.4 Å². The molecule has 0 aliphatic carbocycles. The number of aromatic nitrogens is 4. The molecule has 6 nitrogen and oxygen atoms in total. The first-order chi connectivity index (χ1) is 10.7. The molecule has 1 amide bonds. The number of nitrogens with zero attached hydrogens (tertiary/aromatic N) is 4. The van der Waals surface area contributed by atoms with Crippen LogP contribution in [-0.4, -0.2) is 31.2 Å². The fraction of sp³-hybridized carbons (Fsp3) is 0.0714. The van der Waals surface area contributed by atoms with E-state index in [0.717, 1.165) is 0 Å². The molecule has 2 aromatic heterocycles. The average Bonchev–Trinajstić information content (AvgIpc) is 3.16. The Hall–Kier alpha value is -2.25. The van der Waals surface area contributed by atoms with Gasteiger partial charge in [0.25, 0.3) is 0 Å². The summed E-state index contributed by atoms with van der Waals surface area (Å²) in [6.07, 6.45) is 5.34. The van der Waals surface area contributed by atoms with Crippen LogP contribution in [0.15, 0.2) is 60.3 Å². The number of hydrogen-bond acceptors (Lipinski definition) is 4. The van der Waals surface area contributed by atoms with Crippen LogP contribution in [0.4, 0.5) is 5.69 Å². The lowest BCUT2D eigenvalue weighted by Gasteiger charge is -2.07. The second-order valence-electron chi connectivity index (χ2n) is 4.37. The maximum absolute atomic E-state index is 12.0. The van der Waals surface area contributed by atoms with Gasteiger partial charge >= 0.3 is 0 Å². The van der Waals surface area contributed by atoms with Crippen molar-refractivity contribution in [2.45, 2.75) is 5.16 Å². The molecule has 1 N–H and O–H groups in total. The minimum atomic E-state index is -0.130. The Morgan fingerprint density at radius 3 is 2.86 bits per heavy atom. The van der Waals surface area contributed by atoms with E-state index in [4.69, 9.17) is 11.6 Å². The third kappa shape index (κ3) is 3.49. The van der Waals surface area contributed by atoms with Gasteiger partial charge in [0.2, 0.25) is 11.1 Å². The van der Waals surface area contributed by atoms with Gasteiger partial charge in [-0.2, -0.15) is 0 Å². The van der Waals surface area contributed by atoms with Crippen molar-refractivity contribution in [3.05, 3.63) is 60.1 Å². The number of halogens is 1. The number of amides is 1. The van der Waals surface area contributed by atoms with Crippen molar-refractivity contribution in [3.8, 4) is 0 Å². The van der Waals surface area contributed by atoms with Crippen LogP contribution in [-0.2, 0) is 4.79 Å². The molecule has 22 heavy (non-hydrogen) atoms. The largest absolute Gasteiger partial charge is 0.325 e. The smallest absolute Gasteiger partial charge is 0.234 e. The maximum atomic E-state index is 12.0. The highest BCUT2D eigenvalue weighted by Crippen LogP contribution is 2.18. The van der Waals surface area contributed by atoms with Gasteiger partial charge in [-0.05, 0) is 30.3 Å². The Kier molecular flexibility index (Phi) is 4.45. The normalized spacial score (nSPS) is 10.6. The Bertz CT molecular complexity index is 771. The molecule has 8 heteroatoms. The number of carbonyl (C=O) groups is 1. The van der Waals surface area contributed by atoms with Crippen molar-refractivity contribution in [2.24, 2.45) is 0 Å². The molecule has 112 valence electrons. The average molecular weight is 334 g/mol. The van der Waals surface area contributed by atoms with Gasteiger partial charge in [0.1, 0.15) is 6.33 Å². The van der Waals surface area contributed by atoms with E-state index < -0.39 is 0 Å². The molecule has 0 spiro atoms. The predicted molar refractivity (Wildman–Crippen MR) is 86.1 cm³/mol. The van der Waals surface area contributed by atoms with Crippen LogP contribution in [0, 0.1) is 0 Å². The first-order valence-corrected chi connectivity index (χ1v) is 7.80. The van der Waals surface area contributed by atoms with E-state index in [9.17, 15) is 4.79 Å². The summed E-state index contributed by atoms with van der Waals surface area (Å²) in [4.78, 5) is 12.0. The number of benzene rings is 1. The van der Waals surface area contributed by atoms with E-state index in [1.807, 2.05) is 29.2 Å². The molecule has 0 unspecified atom stereocenters. The first-order valence-electron chi connectivity index (χ1n) is 6.44. The van der Waals surface area contributed by atoms with E-state index in [1.54, 1.807) is 35.3 Å². The van der Waals surface area contributed by atoms with Gasteiger partial charge in [0, 0.05) is 23.1 Å². The van der Waals surface area contributed by atoms with Gasteiger partial charge < -0.3 is 5.32 Å². The fourth-order valence-electron chi connectivity index (χ4n) is 1.84. The fourth-order valence-corrected chi connectivity index (χ4v) is 2.74. The zero-order chi connectivity index (χ0) is 15.4. The molecule has 0 fully saturated rings. The molecular formula is C14H12ClN5OS. The Morgan fingerprint density at radius 1 is 1.27 bits per heavy atom. The van der Waals surface area contributed by atoms with Gasteiger partial charge in [0.15, 0.2) is 0 Å². The van der Waals surface area contributed by atoms with E-state index in [1.165, 1.54) is 11.8 Å². The van der Waals surface area contributed by atoms with Crippen LogP contribution in [0.2, 0.25) is 5.02 Å². The van der Waals surface area contributed by atoms with Crippen molar-refractivity contribution >= 4 is 35.0 Å². The highest BCUT2D eigenvalue weighted by Gasteiger charge is 2.10. The van der Waals surface area contributed by atoms with Crippen molar-refractivity contribution < 1.29 is 4.79 Å². The predicted octanol–water partition coefficient (Wildman–Crippen LogP) is 2.78. The minimum Gasteiger partial charge on any atom is -0.325 e. The van der Waals surface area contributed by atoms with Gasteiger partial charge in [-0.25, -0.2) is 4.68 Å². The van der Waals surface area contributed by atoms with E-state index in [0.29, 0.717) is 15.9 Å². The standard InChI is InChI=1S/C14H12ClN5OS/c15-11-4-3-5-12(8-11)17-13(21)9-22-14-18-16-10-20(14)19-6-1-2-7-19/h1-8,10H,9H2,(H,17,21). The lowest BCUT2D eigenvalue weighted by atomic mass is 10.3. The number of anilines is 1. The molecular weight excluding hydrogens is 322 g/mol. The second kappa shape index (κ2) is 6.67. The number of carbonyl (C=O) groups excluding carboxylic acids is 1. The third-order valence-corrected chi connectivity index (χ3v) is 3.95. The lowest BCUT2D eigenvalue weighted by molar-refractivity contribution is -0.113. The number of nitrogens with one attached hydrogen (secondary N) is 1. The summed E-state index contributed by atoms with van der Waals surface area (Å²) in [5.74, 6) is 0.0984. The monoisotopic (exact) mass is 333 g/mol. The summed E-state index contributed by atoms with van der Waals surface area (Å²) in [7, 11) is 0. The van der Waals surface area contributed by atoms with Crippen molar-refractivity contribution in [2.75, 3.05) is 11.1 Å². The number of rotatable bonds is 5. The quantitative estimate of drug-likeness (QED) is 0.729. The highest BCUT2D eigenvalue weighted by molar-refractivity contribution is 7.99. The van der Waals surface area contributed by atoms with Gasteiger partial charge in [-0.15, -0.1) is 10.2 Å². The second-order valence-corrected chi connectivity index (χ2v) is 5.75. The molecule has 0 bridgehead atoms. The Balaban J connectivity index is 1.61. The summed E-state index contributed by atoms with van der Waals surface area (Å²) < 4.78 is 3.59. The molecule has 0 saturated heterocycles. The molecule has 2 heterocycles. The summed E-state index contributed by atoms with van der Waals surface area (Å²) in [5.41, 5.74) is 0.671.